The molecule has 0 saturated heterocycles. The quantitative estimate of drug-likeness (QED) is 0.850. The fraction of sp³-hybridized carbons (Fsp3) is 0.267. The Balaban J connectivity index is 2.19. The minimum atomic E-state index is -0.496. The van der Waals surface area contributed by atoms with Crippen LogP contribution in [0.2, 0.25) is 0 Å². The number of rotatable bonds is 4. The lowest BCUT2D eigenvalue weighted by atomic mass is 9.79. The molecular weight excluding hydrogens is 322 g/mol. The van der Waals surface area contributed by atoms with Crippen molar-refractivity contribution >= 4 is 38.7 Å². The number of nitrogen functional groups attached to an aromatic ring is 1. The van der Waals surface area contributed by atoms with Crippen molar-refractivity contribution in [1.82, 2.24) is 0 Å². The fourth-order valence-electron chi connectivity index (χ4n) is 1.89. The molecular formula is C15H16BrNOS. The molecule has 0 saturated carbocycles. The van der Waals surface area contributed by atoms with E-state index in [1.54, 1.807) is 11.3 Å². The molecule has 2 nitrogen and oxygen atoms in total. The molecule has 0 bridgehead atoms. The number of hydrogen-bond donors (Lipinski definition) is 1. The van der Waals surface area contributed by atoms with Crippen LogP contribution >= 0.6 is 27.3 Å². The molecule has 0 atom stereocenters. The van der Waals surface area contributed by atoms with E-state index in [1.807, 2.05) is 49.6 Å². The number of ketones is 1. The van der Waals surface area contributed by atoms with Gasteiger partial charge in [-0.2, -0.15) is 0 Å². The van der Waals surface area contributed by atoms with Gasteiger partial charge in [0.1, 0.15) is 5.78 Å². The predicted molar refractivity (Wildman–Crippen MR) is 84.6 cm³/mol. The smallest absolute Gasteiger partial charge is 0.148 e. The van der Waals surface area contributed by atoms with Crippen LogP contribution in [0.5, 0.6) is 0 Å². The summed E-state index contributed by atoms with van der Waals surface area (Å²) in [5.74, 6) is 0.214. The van der Waals surface area contributed by atoms with E-state index in [4.69, 9.17) is 5.73 Å². The highest BCUT2D eigenvalue weighted by Crippen LogP contribution is 2.28. The summed E-state index contributed by atoms with van der Waals surface area (Å²) in [4.78, 5) is 13.6. The maximum Gasteiger partial charge on any atom is 0.148 e. The normalized spacial score (nSPS) is 11.5. The van der Waals surface area contributed by atoms with Crippen molar-refractivity contribution in [2.45, 2.75) is 25.7 Å². The summed E-state index contributed by atoms with van der Waals surface area (Å²) in [6, 6.07) is 9.54. The maximum atomic E-state index is 12.5. The largest absolute Gasteiger partial charge is 0.399 e. The monoisotopic (exact) mass is 337 g/mol. The number of carbonyl (C=O) groups excluding carboxylic acids is 1. The first kappa shape index (κ1) is 14.3. The highest BCUT2D eigenvalue weighted by atomic mass is 79.9. The molecule has 1 aromatic heterocycles. The Morgan fingerprint density at radius 1 is 1.32 bits per heavy atom. The number of thiophene rings is 1. The van der Waals surface area contributed by atoms with Gasteiger partial charge in [0.05, 0.1) is 0 Å². The molecule has 0 fully saturated rings. The molecule has 0 amide bonds. The lowest BCUT2D eigenvalue weighted by Gasteiger charge is -2.23. The van der Waals surface area contributed by atoms with Crippen LogP contribution in [-0.4, -0.2) is 5.78 Å². The summed E-state index contributed by atoms with van der Waals surface area (Å²) in [6.07, 6.45) is 0.466. The molecule has 0 aliphatic heterocycles. The topological polar surface area (TPSA) is 43.1 Å². The van der Waals surface area contributed by atoms with Crippen molar-refractivity contribution in [3.05, 3.63) is 50.6 Å². The SMILES string of the molecule is CC(C)(C(=O)Cc1cc(Br)cs1)c1ccc(N)cc1. The van der Waals surface area contributed by atoms with Crippen LogP contribution in [0, 0.1) is 0 Å². The van der Waals surface area contributed by atoms with E-state index in [0.29, 0.717) is 12.1 Å². The van der Waals surface area contributed by atoms with Gasteiger partial charge in [-0.25, -0.2) is 0 Å². The molecule has 0 spiro atoms. The maximum absolute atomic E-state index is 12.5. The number of Topliss-reactive ketones (excluding diaryl/α,β-unsaturated/α-hetero) is 1. The minimum absolute atomic E-state index is 0.214. The van der Waals surface area contributed by atoms with Crippen LogP contribution < -0.4 is 5.73 Å². The Morgan fingerprint density at radius 2 is 1.95 bits per heavy atom. The van der Waals surface area contributed by atoms with Crippen molar-refractivity contribution in [2.24, 2.45) is 0 Å². The first-order valence-corrected chi connectivity index (χ1v) is 7.69. The third kappa shape index (κ3) is 3.25. The van der Waals surface area contributed by atoms with Gasteiger partial charge in [-0.15, -0.1) is 11.3 Å². The molecule has 2 aromatic rings. The Kier molecular flexibility index (Phi) is 4.11. The van der Waals surface area contributed by atoms with E-state index >= 15 is 0 Å². The second-order valence-corrected chi connectivity index (χ2v) is 6.99. The van der Waals surface area contributed by atoms with Crippen LogP contribution in [0.15, 0.2) is 40.2 Å². The number of nitrogens with two attached hydrogens (primary N) is 1. The van der Waals surface area contributed by atoms with Gasteiger partial charge in [-0.3, -0.25) is 4.79 Å². The summed E-state index contributed by atoms with van der Waals surface area (Å²) in [7, 11) is 0. The second kappa shape index (κ2) is 5.47. The van der Waals surface area contributed by atoms with Crippen molar-refractivity contribution in [3.8, 4) is 0 Å². The second-order valence-electron chi connectivity index (χ2n) is 5.08. The van der Waals surface area contributed by atoms with Crippen molar-refractivity contribution < 1.29 is 4.79 Å². The predicted octanol–water partition coefficient (Wildman–Crippen LogP) is 4.18. The zero-order chi connectivity index (χ0) is 14.0. The molecule has 19 heavy (non-hydrogen) atoms. The minimum Gasteiger partial charge on any atom is -0.399 e. The van der Waals surface area contributed by atoms with Gasteiger partial charge < -0.3 is 5.73 Å². The lowest BCUT2D eigenvalue weighted by molar-refractivity contribution is -0.122. The van der Waals surface area contributed by atoms with Crippen LogP contribution in [0.3, 0.4) is 0 Å². The molecule has 1 heterocycles. The molecule has 2 rings (SSSR count). The standard InChI is InChI=1S/C15H16BrNOS/c1-15(2,10-3-5-12(17)6-4-10)14(18)8-13-7-11(16)9-19-13/h3-7,9H,8,17H2,1-2H3. The van der Waals surface area contributed by atoms with E-state index in [9.17, 15) is 4.79 Å². The number of halogens is 1. The van der Waals surface area contributed by atoms with Crippen LogP contribution in [-0.2, 0) is 16.6 Å². The Bertz CT molecular complexity index is 586. The Hall–Kier alpha value is -1.13. The molecule has 0 aliphatic carbocycles. The van der Waals surface area contributed by atoms with Gasteiger partial charge in [0.15, 0.2) is 0 Å². The van der Waals surface area contributed by atoms with Gasteiger partial charge in [-0.05, 0) is 53.5 Å². The van der Waals surface area contributed by atoms with Gasteiger partial charge in [0.25, 0.3) is 0 Å². The van der Waals surface area contributed by atoms with E-state index in [-0.39, 0.29) is 5.78 Å². The number of hydrogen-bond acceptors (Lipinski definition) is 3. The van der Waals surface area contributed by atoms with Crippen LogP contribution in [0.25, 0.3) is 0 Å². The number of anilines is 1. The fourth-order valence-corrected chi connectivity index (χ4v) is 3.34. The molecule has 100 valence electrons. The van der Waals surface area contributed by atoms with Crippen LogP contribution in [0.1, 0.15) is 24.3 Å². The van der Waals surface area contributed by atoms with E-state index < -0.39 is 5.41 Å². The molecule has 0 radical (unpaired) electrons. The van der Waals surface area contributed by atoms with Crippen molar-refractivity contribution in [2.75, 3.05) is 5.73 Å². The molecule has 0 unspecified atom stereocenters. The number of carbonyl (C=O) groups is 1. The third-order valence-corrected chi connectivity index (χ3v) is 4.98. The Morgan fingerprint density at radius 3 is 2.47 bits per heavy atom. The van der Waals surface area contributed by atoms with E-state index in [2.05, 4.69) is 15.9 Å². The first-order valence-electron chi connectivity index (χ1n) is 6.02. The molecule has 0 aliphatic rings. The molecule has 2 N–H and O–H groups in total. The summed E-state index contributed by atoms with van der Waals surface area (Å²) in [5, 5.41) is 2.00. The Labute approximate surface area is 125 Å². The zero-order valence-electron chi connectivity index (χ0n) is 10.9. The van der Waals surface area contributed by atoms with Gasteiger partial charge in [0.2, 0.25) is 0 Å². The average molecular weight is 338 g/mol. The highest BCUT2D eigenvalue weighted by molar-refractivity contribution is 9.10. The number of benzene rings is 1. The third-order valence-electron chi connectivity index (χ3n) is 3.29. The summed E-state index contributed by atoms with van der Waals surface area (Å²) in [6.45, 7) is 3.92. The van der Waals surface area contributed by atoms with Gasteiger partial charge in [0, 0.05) is 32.3 Å². The van der Waals surface area contributed by atoms with Crippen LogP contribution in [0.4, 0.5) is 5.69 Å². The molecule has 1 aromatic carbocycles. The van der Waals surface area contributed by atoms with E-state index in [1.165, 1.54) is 0 Å². The lowest BCUT2D eigenvalue weighted by Crippen LogP contribution is -2.30. The van der Waals surface area contributed by atoms with Gasteiger partial charge in [-0.1, -0.05) is 12.1 Å². The summed E-state index contributed by atoms with van der Waals surface area (Å²) >= 11 is 5.01. The zero-order valence-corrected chi connectivity index (χ0v) is 13.3. The highest BCUT2D eigenvalue weighted by Gasteiger charge is 2.29. The van der Waals surface area contributed by atoms with Crippen molar-refractivity contribution in [3.63, 3.8) is 0 Å². The average Bonchev–Trinajstić information content (AvgIpc) is 2.75. The van der Waals surface area contributed by atoms with Gasteiger partial charge >= 0.3 is 0 Å². The summed E-state index contributed by atoms with van der Waals surface area (Å²) in [5.41, 5.74) is 6.91. The van der Waals surface area contributed by atoms with E-state index in [0.717, 1.165) is 14.9 Å². The summed E-state index contributed by atoms with van der Waals surface area (Å²) < 4.78 is 1.03. The molecule has 4 heteroatoms. The first-order chi connectivity index (χ1) is 8.89. The van der Waals surface area contributed by atoms with Crippen molar-refractivity contribution in [1.29, 1.82) is 0 Å².